The number of hydrogen-bond donors (Lipinski definition) is 2. The van der Waals surface area contributed by atoms with Gasteiger partial charge in [-0.15, -0.1) is 0 Å². The predicted octanol–water partition coefficient (Wildman–Crippen LogP) is 3.35. The molecule has 228 valence electrons. The van der Waals surface area contributed by atoms with Crippen LogP contribution in [-0.2, 0) is 21.2 Å². The molecule has 43 heavy (non-hydrogen) atoms. The summed E-state index contributed by atoms with van der Waals surface area (Å²) in [7, 11) is -3.07. The molecule has 2 aromatic heterocycles. The van der Waals surface area contributed by atoms with Gasteiger partial charge in [0.1, 0.15) is 11.9 Å². The van der Waals surface area contributed by atoms with Crippen LogP contribution in [0.2, 0.25) is 0 Å². The second kappa shape index (κ2) is 12.0. The highest BCUT2D eigenvalue weighted by molar-refractivity contribution is 7.91. The number of aliphatic hydroxyl groups excluding tert-OH is 1. The Labute approximate surface area is 247 Å². The Kier molecular flexibility index (Phi) is 8.49. The van der Waals surface area contributed by atoms with Gasteiger partial charge in [0, 0.05) is 43.1 Å². The molecule has 5 rings (SSSR count). The van der Waals surface area contributed by atoms with Crippen molar-refractivity contribution < 1.29 is 31.5 Å². The Bertz CT molecular complexity index is 1620. The van der Waals surface area contributed by atoms with E-state index in [-0.39, 0.29) is 29.4 Å². The first-order chi connectivity index (χ1) is 20.4. The first-order valence-corrected chi connectivity index (χ1v) is 15.7. The van der Waals surface area contributed by atoms with Crippen LogP contribution in [-0.4, -0.2) is 70.8 Å². The van der Waals surface area contributed by atoms with E-state index in [2.05, 4.69) is 10.3 Å². The molecule has 3 aromatic rings. The van der Waals surface area contributed by atoms with Crippen LogP contribution in [0.25, 0.3) is 16.9 Å². The van der Waals surface area contributed by atoms with Gasteiger partial charge in [-0.3, -0.25) is 4.79 Å². The Morgan fingerprint density at radius 1 is 1.21 bits per heavy atom. The maximum atomic E-state index is 14.7. The number of sulfone groups is 1. The van der Waals surface area contributed by atoms with E-state index in [1.807, 2.05) is 11.0 Å². The summed E-state index contributed by atoms with van der Waals surface area (Å²) in [5.74, 6) is -6.11. The maximum absolute atomic E-state index is 14.7. The van der Waals surface area contributed by atoms with E-state index < -0.39 is 64.8 Å². The summed E-state index contributed by atoms with van der Waals surface area (Å²) < 4.78 is 68.1. The molecule has 2 aliphatic rings. The van der Waals surface area contributed by atoms with Gasteiger partial charge in [-0.25, -0.2) is 31.3 Å². The van der Waals surface area contributed by atoms with Crippen LogP contribution in [0.4, 0.5) is 18.9 Å². The Balaban J connectivity index is 1.61. The quantitative estimate of drug-likeness (QED) is 0.412. The number of carbonyl (C=O) groups excluding carboxylic acids is 1. The molecule has 0 radical (unpaired) electrons. The molecule has 1 aromatic carbocycles. The van der Waals surface area contributed by atoms with E-state index in [4.69, 9.17) is 5.10 Å². The van der Waals surface area contributed by atoms with Crippen molar-refractivity contribution in [1.82, 2.24) is 20.1 Å². The monoisotopic (exact) mass is 616 g/mol. The van der Waals surface area contributed by atoms with Gasteiger partial charge in [-0.05, 0) is 43.2 Å². The van der Waals surface area contributed by atoms with Crippen molar-refractivity contribution in [3.05, 3.63) is 59.8 Å². The lowest BCUT2D eigenvalue weighted by Crippen LogP contribution is -2.44. The van der Waals surface area contributed by atoms with Gasteiger partial charge in [0.05, 0.1) is 47.7 Å². The number of carbonyl (C=O) groups is 1. The van der Waals surface area contributed by atoms with Crippen LogP contribution in [0, 0.1) is 23.1 Å². The molecule has 2 N–H and O–H groups in total. The topological polar surface area (TPSA) is 141 Å². The van der Waals surface area contributed by atoms with Crippen LogP contribution < -0.4 is 10.2 Å². The van der Waals surface area contributed by atoms with Gasteiger partial charge >= 0.3 is 0 Å². The number of rotatable bonds is 7. The van der Waals surface area contributed by atoms with E-state index in [1.165, 1.54) is 23.7 Å². The number of anilines is 1. The number of amides is 1. The number of aliphatic hydroxyl groups is 1. The van der Waals surface area contributed by atoms with Gasteiger partial charge < -0.3 is 15.3 Å². The van der Waals surface area contributed by atoms with Crippen molar-refractivity contribution in [3.8, 4) is 23.0 Å². The highest BCUT2D eigenvalue weighted by Crippen LogP contribution is 2.48. The number of halogens is 3. The molecule has 0 spiro atoms. The molecule has 1 saturated carbocycles. The third kappa shape index (κ3) is 6.52. The van der Waals surface area contributed by atoms with Crippen LogP contribution in [0.15, 0.2) is 42.6 Å². The summed E-state index contributed by atoms with van der Waals surface area (Å²) in [5, 5.41) is 26.9. The summed E-state index contributed by atoms with van der Waals surface area (Å²) in [6.45, 7) is 1.62. The fourth-order valence-corrected chi connectivity index (χ4v) is 6.97. The minimum absolute atomic E-state index is 0.0468. The molecule has 1 saturated heterocycles. The number of alkyl halides is 2. The number of pyridine rings is 1. The zero-order valence-electron chi connectivity index (χ0n) is 23.4. The van der Waals surface area contributed by atoms with Crippen molar-refractivity contribution in [1.29, 1.82) is 5.26 Å². The van der Waals surface area contributed by atoms with Gasteiger partial charge in [0.25, 0.3) is 0 Å². The van der Waals surface area contributed by atoms with Gasteiger partial charge in [0.15, 0.2) is 15.7 Å². The Hall–Kier alpha value is -3.96. The van der Waals surface area contributed by atoms with Crippen molar-refractivity contribution in [2.45, 2.75) is 50.7 Å². The van der Waals surface area contributed by atoms with Crippen molar-refractivity contribution in [2.75, 3.05) is 29.5 Å². The summed E-state index contributed by atoms with van der Waals surface area (Å²) in [5.41, 5.74) is 2.38. The van der Waals surface area contributed by atoms with Crippen LogP contribution in [0.3, 0.4) is 0 Å². The van der Waals surface area contributed by atoms with Crippen LogP contribution >= 0.6 is 0 Å². The van der Waals surface area contributed by atoms with E-state index >= 15 is 0 Å². The normalized spacial score (nSPS) is 22.0. The molecular weight excluding hydrogens is 585 g/mol. The fourth-order valence-electron chi connectivity index (χ4n) is 5.77. The second-order valence-corrected chi connectivity index (χ2v) is 13.3. The Morgan fingerprint density at radius 3 is 2.51 bits per heavy atom. The smallest absolute Gasteiger partial charge is 0.249 e. The zero-order valence-corrected chi connectivity index (χ0v) is 24.2. The lowest BCUT2D eigenvalue weighted by molar-refractivity contribution is -0.134. The van der Waals surface area contributed by atoms with Crippen molar-refractivity contribution in [2.24, 2.45) is 5.92 Å². The number of nitrogens with zero attached hydrogens (tertiary/aromatic N) is 5. The molecule has 2 fully saturated rings. The highest BCUT2D eigenvalue weighted by Gasteiger charge is 2.47. The van der Waals surface area contributed by atoms with E-state index in [1.54, 1.807) is 24.3 Å². The van der Waals surface area contributed by atoms with E-state index in [0.29, 0.717) is 29.9 Å². The number of nitriles is 1. The molecule has 3 atom stereocenters. The molecule has 3 heterocycles. The predicted molar refractivity (Wildman–Crippen MR) is 152 cm³/mol. The largest absolute Gasteiger partial charge is 0.390 e. The van der Waals surface area contributed by atoms with E-state index in [0.717, 1.165) is 11.9 Å². The third-order valence-electron chi connectivity index (χ3n) is 8.02. The standard InChI is InChI=1S/C29H31F3N6O4S/c1-18(15-33)35-28(40)23-14-29(31,32)9-8-22(23)27-26(24(17-39)38(36-27)25-7-4-20(30)16-34-25)19-2-5-21(6-3-19)37-10-12-43(41,42)13-11-37/h2-7,16,18,22-23,39H,8-14,17H2,1H3,(H,35,40). The minimum Gasteiger partial charge on any atom is -0.390 e. The lowest BCUT2D eigenvalue weighted by Gasteiger charge is -2.35. The van der Waals surface area contributed by atoms with E-state index in [9.17, 15) is 36.8 Å². The average molecular weight is 617 g/mol. The summed E-state index contributed by atoms with van der Waals surface area (Å²) >= 11 is 0. The number of aromatic nitrogens is 3. The fraction of sp³-hybridized carbons (Fsp3) is 0.448. The minimum atomic E-state index is -3.10. The summed E-state index contributed by atoms with van der Waals surface area (Å²) in [4.78, 5) is 19.3. The molecule has 3 unspecified atom stereocenters. The number of nitrogens with one attached hydrogen (secondary N) is 1. The number of benzene rings is 1. The molecule has 1 aliphatic heterocycles. The summed E-state index contributed by atoms with van der Waals surface area (Å²) in [6, 6.07) is 10.7. The van der Waals surface area contributed by atoms with Crippen LogP contribution in [0.5, 0.6) is 0 Å². The number of hydrogen-bond acceptors (Lipinski definition) is 8. The van der Waals surface area contributed by atoms with Gasteiger partial charge in [-0.1, -0.05) is 12.1 Å². The van der Waals surface area contributed by atoms with Gasteiger partial charge in [-0.2, -0.15) is 10.4 Å². The maximum Gasteiger partial charge on any atom is 0.249 e. The summed E-state index contributed by atoms with van der Waals surface area (Å²) in [6.07, 6.45) is -0.320. The van der Waals surface area contributed by atoms with Gasteiger partial charge in [0.2, 0.25) is 11.8 Å². The molecule has 0 bridgehead atoms. The lowest BCUT2D eigenvalue weighted by atomic mass is 9.73. The average Bonchev–Trinajstić information content (AvgIpc) is 3.36. The zero-order chi connectivity index (χ0) is 30.9. The second-order valence-electron chi connectivity index (χ2n) is 11.0. The first-order valence-electron chi connectivity index (χ1n) is 13.9. The molecule has 1 amide bonds. The first kappa shape index (κ1) is 30.5. The molecule has 10 nitrogen and oxygen atoms in total. The van der Waals surface area contributed by atoms with Crippen molar-refractivity contribution >= 4 is 21.4 Å². The van der Waals surface area contributed by atoms with Crippen LogP contribution in [0.1, 0.15) is 43.5 Å². The third-order valence-corrected chi connectivity index (χ3v) is 9.63. The SMILES string of the molecule is CC(C#N)NC(=O)C1CC(F)(F)CCC1c1nn(-c2ccc(F)cn2)c(CO)c1-c1ccc(N2CCS(=O)(=O)CC2)cc1. The molecular formula is C29H31F3N6O4S. The molecule has 14 heteroatoms. The Morgan fingerprint density at radius 2 is 1.91 bits per heavy atom. The van der Waals surface area contributed by atoms with Crippen molar-refractivity contribution in [3.63, 3.8) is 0 Å². The molecule has 1 aliphatic carbocycles. The highest BCUT2D eigenvalue weighted by atomic mass is 32.2.